The average Bonchev–Trinajstić information content (AvgIpc) is 2.91. The van der Waals surface area contributed by atoms with Crippen molar-refractivity contribution in [1.82, 2.24) is 15.4 Å². The maximum Gasteiger partial charge on any atom is 0.326 e. The van der Waals surface area contributed by atoms with Gasteiger partial charge in [0.25, 0.3) is 0 Å². The molecule has 1 aromatic rings. The number of carbonyl (C=O) groups is 2. The van der Waals surface area contributed by atoms with Gasteiger partial charge in [-0.1, -0.05) is 5.16 Å². The summed E-state index contributed by atoms with van der Waals surface area (Å²) in [6.07, 6.45) is -0.755. The molecule has 0 aromatic carbocycles. The van der Waals surface area contributed by atoms with Gasteiger partial charge in [-0.15, -0.1) is 0 Å². The number of carboxylic acid groups (broad SMARTS) is 1. The predicted octanol–water partition coefficient (Wildman–Crippen LogP) is 0.0208. The lowest BCUT2D eigenvalue weighted by atomic mass is 10.2. The van der Waals surface area contributed by atoms with Crippen molar-refractivity contribution >= 4 is 12.0 Å². The molecular weight excluding hydrogens is 266 g/mol. The molecule has 0 aliphatic carbocycles. The van der Waals surface area contributed by atoms with Crippen LogP contribution in [0.1, 0.15) is 23.4 Å². The first-order valence-corrected chi connectivity index (χ1v) is 6.27. The summed E-state index contributed by atoms with van der Waals surface area (Å²) in [5.74, 6) is -0.506. The summed E-state index contributed by atoms with van der Waals surface area (Å²) in [6.45, 7) is 3.72. The number of hydrogen-bond acceptors (Lipinski definition) is 5. The molecule has 1 aromatic heterocycles. The number of hydrogen-bond donors (Lipinski definition) is 3. The number of aliphatic hydroxyl groups excluding tert-OH is 1. The van der Waals surface area contributed by atoms with Gasteiger partial charge in [0.05, 0.1) is 11.8 Å². The first-order chi connectivity index (χ1) is 9.40. The molecule has 8 nitrogen and oxygen atoms in total. The lowest BCUT2D eigenvalue weighted by molar-refractivity contribution is -0.141. The average molecular weight is 283 g/mol. The van der Waals surface area contributed by atoms with E-state index in [1.807, 2.05) is 0 Å². The number of aliphatic carboxylic acids is 1. The summed E-state index contributed by atoms with van der Waals surface area (Å²) in [5.41, 5.74) is 1.45. The molecule has 1 aliphatic heterocycles. The Labute approximate surface area is 115 Å². The molecule has 0 spiro atoms. The first-order valence-electron chi connectivity index (χ1n) is 6.27. The highest BCUT2D eigenvalue weighted by atomic mass is 16.5. The second-order valence-electron chi connectivity index (χ2n) is 4.86. The van der Waals surface area contributed by atoms with Gasteiger partial charge in [-0.2, -0.15) is 0 Å². The number of urea groups is 1. The van der Waals surface area contributed by atoms with Gasteiger partial charge in [-0.05, 0) is 13.8 Å². The van der Waals surface area contributed by atoms with Crippen molar-refractivity contribution in [3.63, 3.8) is 0 Å². The van der Waals surface area contributed by atoms with Crippen LogP contribution in [-0.2, 0) is 11.3 Å². The summed E-state index contributed by atoms with van der Waals surface area (Å²) in [4.78, 5) is 24.2. The van der Waals surface area contributed by atoms with Gasteiger partial charge in [0.1, 0.15) is 11.8 Å². The van der Waals surface area contributed by atoms with Crippen molar-refractivity contribution in [2.24, 2.45) is 0 Å². The molecule has 20 heavy (non-hydrogen) atoms. The molecule has 2 heterocycles. The highest BCUT2D eigenvalue weighted by Crippen LogP contribution is 2.18. The molecule has 110 valence electrons. The number of aliphatic hydroxyl groups is 1. The van der Waals surface area contributed by atoms with Crippen LogP contribution in [0.15, 0.2) is 4.52 Å². The molecule has 0 bridgehead atoms. The van der Waals surface area contributed by atoms with Gasteiger partial charge in [-0.3, -0.25) is 0 Å². The topological polar surface area (TPSA) is 116 Å². The van der Waals surface area contributed by atoms with E-state index in [1.165, 1.54) is 0 Å². The van der Waals surface area contributed by atoms with Crippen LogP contribution in [0.4, 0.5) is 4.79 Å². The summed E-state index contributed by atoms with van der Waals surface area (Å²) < 4.78 is 4.98. The molecule has 2 atom stereocenters. The fourth-order valence-electron chi connectivity index (χ4n) is 2.29. The summed E-state index contributed by atoms with van der Waals surface area (Å²) in [6, 6.07) is -1.51. The number of nitrogens with one attached hydrogen (secondary N) is 1. The third-order valence-corrected chi connectivity index (χ3v) is 3.42. The molecule has 2 amide bonds. The van der Waals surface area contributed by atoms with Crippen LogP contribution < -0.4 is 5.32 Å². The minimum absolute atomic E-state index is 0.0183. The minimum atomic E-state index is -1.12. The van der Waals surface area contributed by atoms with E-state index in [4.69, 9.17) is 9.63 Å². The fraction of sp³-hybridized carbons (Fsp3) is 0.583. The van der Waals surface area contributed by atoms with E-state index >= 15 is 0 Å². The largest absolute Gasteiger partial charge is 0.480 e. The van der Waals surface area contributed by atoms with E-state index in [-0.39, 0.29) is 19.5 Å². The van der Waals surface area contributed by atoms with Crippen molar-refractivity contribution in [2.75, 3.05) is 6.54 Å². The van der Waals surface area contributed by atoms with Crippen LogP contribution in [0.3, 0.4) is 0 Å². The molecular formula is C12H17N3O5. The number of aromatic nitrogens is 1. The lowest BCUT2D eigenvalue weighted by Crippen LogP contribution is -2.46. The van der Waals surface area contributed by atoms with Crippen LogP contribution in [0, 0.1) is 13.8 Å². The van der Waals surface area contributed by atoms with Gasteiger partial charge in [0.15, 0.2) is 0 Å². The number of β-amino-alcohol motifs (C(OH)–C–C–N with tert-alkyl or cyclic N) is 1. The van der Waals surface area contributed by atoms with E-state index < -0.39 is 24.1 Å². The summed E-state index contributed by atoms with van der Waals surface area (Å²) in [5, 5.41) is 24.9. The van der Waals surface area contributed by atoms with Crippen LogP contribution in [-0.4, -0.2) is 51.0 Å². The van der Waals surface area contributed by atoms with Crippen molar-refractivity contribution in [1.29, 1.82) is 0 Å². The van der Waals surface area contributed by atoms with Crippen molar-refractivity contribution in [2.45, 2.75) is 39.0 Å². The lowest BCUT2D eigenvalue weighted by Gasteiger charge is -2.21. The van der Waals surface area contributed by atoms with E-state index in [0.29, 0.717) is 11.5 Å². The Balaban J connectivity index is 2.00. The standard InChI is InChI=1S/C12H17N3O5/c1-6-9(7(2)20-14-6)4-13-12(19)15-5-8(16)3-10(15)11(17)18/h8,10,16H,3-5H2,1-2H3,(H,13,19)(H,17,18)/t8-,10+/m1/s1. The molecule has 2 rings (SSSR count). The van der Waals surface area contributed by atoms with Crippen LogP contribution >= 0.6 is 0 Å². The zero-order valence-corrected chi connectivity index (χ0v) is 11.3. The second kappa shape index (κ2) is 5.49. The Morgan fingerprint density at radius 2 is 2.20 bits per heavy atom. The van der Waals surface area contributed by atoms with Gasteiger partial charge in [-0.25, -0.2) is 9.59 Å². The monoisotopic (exact) mass is 283 g/mol. The number of amides is 2. The zero-order chi connectivity index (χ0) is 14.9. The van der Waals surface area contributed by atoms with Crippen LogP contribution in [0.2, 0.25) is 0 Å². The molecule has 1 saturated heterocycles. The number of likely N-dealkylation sites (tertiary alicyclic amines) is 1. The van der Waals surface area contributed by atoms with E-state index in [0.717, 1.165) is 10.5 Å². The molecule has 1 fully saturated rings. The quantitative estimate of drug-likeness (QED) is 0.720. The van der Waals surface area contributed by atoms with Gasteiger partial charge < -0.3 is 25.0 Å². The molecule has 3 N–H and O–H groups in total. The SMILES string of the molecule is Cc1noc(C)c1CNC(=O)N1C[C@H](O)C[C@H]1C(=O)O. The van der Waals surface area contributed by atoms with Crippen molar-refractivity contribution in [3.8, 4) is 0 Å². The van der Waals surface area contributed by atoms with Crippen LogP contribution in [0.25, 0.3) is 0 Å². The molecule has 8 heteroatoms. The van der Waals surface area contributed by atoms with E-state index in [9.17, 15) is 14.7 Å². The Morgan fingerprint density at radius 3 is 2.75 bits per heavy atom. The predicted molar refractivity (Wildman–Crippen MR) is 67.0 cm³/mol. The second-order valence-corrected chi connectivity index (χ2v) is 4.86. The number of carboxylic acids is 1. The smallest absolute Gasteiger partial charge is 0.326 e. The minimum Gasteiger partial charge on any atom is -0.480 e. The zero-order valence-electron chi connectivity index (χ0n) is 11.3. The van der Waals surface area contributed by atoms with Crippen molar-refractivity contribution in [3.05, 3.63) is 17.0 Å². The normalized spacial score (nSPS) is 22.1. The maximum atomic E-state index is 12.0. The third-order valence-electron chi connectivity index (χ3n) is 3.42. The number of carbonyl (C=O) groups excluding carboxylic acids is 1. The van der Waals surface area contributed by atoms with Gasteiger partial charge >= 0.3 is 12.0 Å². The Morgan fingerprint density at radius 1 is 1.50 bits per heavy atom. The third kappa shape index (κ3) is 2.74. The highest BCUT2D eigenvalue weighted by molar-refractivity contribution is 5.83. The summed E-state index contributed by atoms with van der Waals surface area (Å²) in [7, 11) is 0. The fourth-order valence-corrected chi connectivity index (χ4v) is 2.29. The van der Waals surface area contributed by atoms with Gasteiger partial charge in [0, 0.05) is 25.1 Å². The highest BCUT2D eigenvalue weighted by Gasteiger charge is 2.38. The van der Waals surface area contributed by atoms with E-state index in [1.54, 1.807) is 13.8 Å². The number of rotatable bonds is 3. The molecule has 0 saturated carbocycles. The maximum absolute atomic E-state index is 12.0. The van der Waals surface area contributed by atoms with E-state index in [2.05, 4.69) is 10.5 Å². The first kappa shape index (κ1) is 14.3. The Hall–Kier alpha value is -2.09. The molecule has 1 aliphatic rings. The Bertz CT molecular complexity index is 508. The Kier molecular flexibility index (Phi) is 3.93. The van der Waals surface area contributed by atoms with Crippen molar-refractivity contribution < 1.29 is 24.3 Å². The van der Waals surface area contributed by atoms with Gasteiger partial charge in [0.2, 0.25) is 0 Å². The van der Waals surface area contributed by atoms with Crippen LogP contribution in [0.5, 0.6) is 0 Å². The number of nitrogens with zero attached hydrogens (tertiary/aromatic N) is 2. The molecule has 0 radical (unpaired) electrons. The number of aryl methyl sites for hydroxylation is 2. The summed E-state index contributed by atoms with van der Waals surface area (Å²) >= 11 is 0. The molecule has 0 unspecified atom stereocenters.